The van der Waals surface area contributed by atoms with Crippen LogP contribution in [0.15, 0.2) is 48.8 Å². The van der Waals surface area contributed by atoms with E-state index in [2.05, 4.69) is 36.4 Å². The number of pyridine rings is 1. The number of carbonyl (C=O) groups excluding carboxylic acids is 2. The number of amides is 2. The maximum atomic E-state index is 13.0. The number of nitrogens with one attached hydrogen (secondary N) is 2. The van der Waals surface area contributed by atoms with E-state index in [4.69, 9.17) is 4.74 Å². The number of alkyl halides is 5. The summed E-state index contributed by atoms with van der Waals surface area (Å²) in [5.41, 5.74) is 0.191. The van der Waals surface area contributed by atoms with Crippen LogP contribution < -0.4 is 29.6 Å². The lowest BCUT2D eigenvalue weighted by atomic mass is 10.2. The van der Waals surface area contributed by atoms with Crippen LogP contribution in [0.4, 0.5) is 27.8 Å². The van der Waals surface area contributed by atoms with Crippen molar-refractivity contribution >= 4 is 17.6 Å². The van der Waals surface area contributed by atoms with Gasteiger partial charge < -0.3 is 29.6 Å². The second-order valence-corrected chi connectivity index (χ2v) is 6.69. The Morgan fingerprint density at radius 3 is 2.41 bits per heavy atom. The van der Waals surface area contributed by atoms with Gasteiger partial charge >= 0.3 is 12.7 Å². The fourth-order valence-electron chi connectivity index (χ4n) is 2.58. The van der Waals surface area contributed by atoms with Crippen LogP contribution in [-0.4, -0.2) is 36.1 Å². The standard InChI is InChI=1S/C20H16F5N3O6/c1-11(2-7-17(29)28-16-6-4-13(9-26-16)32-19(21,22)23)27-18(30)10-31-12-3-5-14-15(8-12)34-20(24,25)33-14/h3-6,8-9H,1-2,7,10H2,(H,27,30)(H,26,28,29). The van der Waals surface area contributed by atoms with E-state index in [9.17, 15) is 31.5 Å². The number of ether oxygens (including phenoxy) is 4. The Kier molecular flexibility index (Phi) is 7.08. The number of rotatable bonds is 9. The summed E-state index contributed by atoms with van der Waals surface area (Å²) in [5.74, 6) is -2.01. The molecule has 1 aliphatic heterocycles. The maximum absolute atomic E-state index is 13.0. The highest BCUT2D eigenvalue weighted by atomic mass is 19.4. The molecule has 1 aromatic heterocycles. The molecule has 0 unspecified atom stereocenters. The molecule has 3 rings (SSSR count). The number of allylic oxidation sites excluding steroid dienone is 1. The van der Waals surface area contributed by atoms with Crippen LogP contribution in [0.5, 0.6) is 23.0 Å². The predicted molar refractivity (Wildman–Crippen MR) is 104 cm³/mol. The summed E-state index contributed by atoms with van der Waals surface area (Å²) >= 11 is 0. The Bertz CT molecular complexity index is 1080. The molecule has 0 atom stereocenters. The molecule has 0 spiro atoms. The molecule has 0 saturated heterocycles. The van der Waals surface area contributed by atoms with E-state index >= 15 is 0 Å². The first-order valence-electron chi connectivity index (χ1n) is 9.40. The summed E-state index contributed by atoms with van der Waals surface area (Å²) in [6, 6.07) is 5.77. The molecule has 14 heteroatoms. The van der Waals surface area contributed by atoms with Crippen LogP contribution in [-0.2, 0) is 9.59 Å². The van der Waals surface area contributed by atoms with Crippen LogP contribution in [0, 0.1) is 0 Å². The topological polar surface area (TPSA) is 108 Å². The van der Waals surface area contributed by atoms with Crippen molar-refractivity contribution in [1.29, 1.82) is 0 Å². The average Bonchev–Trinajstić information content (AvgIpc) is 3.04. The minimum Gasteiger partial charge on any atom is -0.484 e. The van der Waals surface area contributed by atoms with Gasteiger partial charge in [0.15, 0.2) is 18.1 Å². The molecule has 182 valence electrons. The molecule has 1 aromatic carbocycles. The van der Waals surface area contributed by atoms with E-state index in [1.807, 2.05) is 0 Å². The molecule has 9 nitrogen and oxygen atoms in total. The Hall–Kier alpha value is -4.10. The molecule has 2 N–H and O–H groups in total. The fraction of sp³-hybridized carbons (Fsp3) is 0.250. The average molecular weight is 489 g/mol. The van der Waals surface area contributed by atoms with Crippen LogP contribution in [0.2, 0.25) is 0 Å². The molecule has 0 bridgehead atoms. The van der Waals surface area contributed by atoms with Gasteiger partial charge in [-0.15, -0.1) is 22.0 Å². The monoisotopic (exact) mass is 489 g/mol. The smallest absolute Gasteiger partial charge is 0.484 e. The summed E-state index contributed by atoms with van der Waals surface area (Å²) in [5, 5.41) is 4.78. The summed E-state index contributed by atoms with van der Waals surface area (Å²) in [6.07, 6.45) is -7.90. The SMILES string of the molecule is C=C(CCC(=O)Nc1ccc(OC(F)(F)F)cn1)NC(=O)COc1ccc2c(c1)OC(F)(F)O2. The molecule has 2 heterocycles. The number of aromatic nitrogens is 1. The van der Waals surface area contributed by atoms with Crippen LogP contribution in [0.3, 0.4) is 0 Å². The minimum atomic E-state index is -4.86. The van der Waals surface area contributed by atoms with Crippen molar-refractivity contribution in [3.63, 3.8) is 0 Å². The van der Waals surface area contributed by atoms with Crippen molar-refractivity contribution in [3.8, 4) is 23.0 Å². The zero-order valence-corrected chi connectivity index (χ0v) is 17.1. The lowest BCUT2D eigenvalue weighted by Crippen LogP contribution is -2.28. The second kappa shape index (κ2) is 9.80. The number of benzene rings is 1. The van der Waals surface area contributed by atoms with E-state index < -0.39 is 36.8 Å². The number of carbonyl (C=O) groups is 2. The van der Waals surface area contributed by atoms with Crippen molar-refractivity contribution in [3.05, 3.63) is 48.8 Å². The highest BCUT2D eigenvalue weighted by Gasteiger charge is 2.43. The summed E-state index contributed by atoms with van der Waals surface area (Å²) in [4.78, 5) is 27.5. The van der Waals surface area contributed by atoms with Gasteiger partial charge in [0.1, 0.15) is 17.3 Å². The summed E-state index contributed by atoms with van der Waals surface area (Å²) in [6.45, 7) is 3.14. The first kappa shape index (κ1) is 24.5. The Labute approximate surface area is 188 Å². The number of fused-ring (bicyclic) bond motifs is 1. The second-order valence-electron chi connectivity index (χ2n) is 6.69. The van der Waals surface area contributed by atoms with Crippen LogP contribution >= 0.6 is 0 Å². The van der Waals surface area contributed by atoms with Crippen LogP contribution in [0.25, 0.3) is 0 Å². The Morgan fingerprint density at radius 2 is 1.74 bits per heavy atom. The van der Waals surface area contributed by atoms with E-state index in [0.717, 1.165) is 24.4 Å². The Balaban J connectivity index is 1.37. The normalized spacial score (nSPS) is 13.7. The summed E-state index contributed by atoms with van der Waals surface area (Å²) in [7, 11) is 0. The highest BCUT2D eigenvalue weighted by molar-refractivity contribution is 5.90. The molecule has 34 heavy (non-hydrogen) atoms. The first-order chi connectivity index (χ1) is 15.9. The molecular formula is C20H16F5N3O6. The molecule has 1 aliphatic rings. The van der Waals surface area contributed by atoms with E-state index in [-0.39, 0.29) is 41.6 Å². The molecular weight excluding hydrogens is 473 g/mol. The molecule has 2 aromatic rings. The lowest BCUT2D eigenvalue weighted by Gasteiger charge is -2.11. The Morgan fingerprint density at radius 1 is 1.03 bits per heavy atom. The number of hydrogen-bond donors (Lipinski definition) is 2. The van der Waals surface area contributed by atoms with Gasteiger partial charge in [-0.2, -0.15) is 0 Å². The van der Waals surface area contributed by atoms with E-state index in [1.54, 1.807) is 0 Å². The largest absolute Gasteiger partial charge is 0.586 e. The molecule has 0 saturated carbocycles. The van der Waals surface area contributed by atoms with E-state index in [1.165, 1.54) is 12.1 Å². The van der Waals surface area contributed by atoms with Gasteiger partial charge in [-0.05, 0) is 30.7 Å². The minimum absolute atomic E-state index is 0.00376. The van der Waals surface area contributed by atoms with Crippen molar-refractivity contribution in [1.82, 2.24) is 10.3 Å². The highest BCUT2D eigenvalue weighted by Crippen LogP contribution is 2.42. The van der Waals surface area contributed by atoms with Gasteiger partial charge in [0.25, 0.3) is 5.91 Å². The molecule has 2 amide bonds. The predicted octanol–water partition coefficient (Wildman–Crippen LogP) is 3.73. The number of nitrogens with zero attached hydrogens (tertiary/aromatic N) is 1. The lowest BCUT2D eigenvalue weighted by molar-refractivity contribution is -0.286. The molecule has 0 fully saturated rings. The third kappa shape index (κ3) is 7.50. The summed E-state index contributed by atoms with van der Waals surface area (Å²) < 4.78 is 79.8. The van der Waals surface area contributed by atoms with Gasteiger partial charge in [0, 0.05) is 18.2 Å². The zero-order valence-electron chi connectivity index (χ0n) is 17.1. The molecule has 0 radical (unpaired) electrons. The van der Waals surface area contributed by atoms with Crippen molar-refractivity contribution in [2.24, 2.45) is 0 Å². The van der Waals surface area contributed by atoms with E-state index in [0.29, 0.717) is 0 Å². The van der Waals surface area contributed by atoms with Gasteiger partial charge in [-0.1, -0.05) is 6.58 Å². The number of anilines is 1. The first-order valence-corrected chi connectivity index (χ1v) is 9.40. The van der Waals surface area contributed by atoms with Gasteiger partial charge in [0.05, 0.1) is 6.20 Å². The zero-order chi connectivity index (χ0) is 24.9. The maximum Gasteiger partial charge on any atom is 0.586 e. The number of hydrogen-bond acceptors (Lipinski definition) is 7. The molecule has 0 aliphatic carbocycles. The number of halogens is 5. The van der Waals surface area contributed by atoms with Gasteiger partial charge in [-0.3, -0.25) is 9.59 Å². The van der Waals surface area contributed by atoms with Gasteiger partial charge in [0.2, 0.25) is 5.91 Å². The quantitative estimate of drug-likeness (QED) is 0.517. The third-order valence-corrected chi connectivity index (χ3v) is 3.95. The van der Waals surface area contributed by atoms with Gasteiger partial charge in [-0.25, -0.2) is 4.98 Å². The van der Waals surface area contributed by atoms with Crippen molar-refractivity contribution < 1.29 is 50.5 Å². The third-order valence-electron chi connectivity index (χ3n) is 3.95. The van der Waals surface area contributed by atoms with Crippen molar-refractivity contribution in [2.75, 3.05) is 11.9 Å². The van der Waals surface area contributed by atoms with Crippen molar-refractivity contribution in [2.45, 2.75) is 25.5 Å². The van der Waals surface area contributed by atoms with Crippen LogP contribution in [0.1, 0.15) is 12.8 Å². The fourth-order valence-corrected chi connectivity index (χ4v) is 2.58.